The molecule has 1 amide bonds. The minimum absolute atomic E-state index is 0.178. The number of nitrogens with zero attached hydrogens (tertiary/aromatic N) is 2. The van der Waals surface area contributed by atoms with E-state index in [1.54, 1.807) is 6.07 Å². The van der Waals surface area contributed by atoms with Crippen molar-refractivity contribution in [2.24, 2.45) is 0 Å². The van der Waals surface area contributed by atoms with Gasteiger partial charge in [-0.25, -0.2) is 13.8 Å². The molecule has 0 saturated heterocycles. The van der Waals surface area contributed by atoms with Gasteiger partial charge in [0.05, 0.1) is 6.07 Å². The molecule has 1 aromatic heterocycles. The van der Waals surface area contributed by atoms with Crippen molar-refractivity contribution >= 4 is 5.91 Å². The van der Waals surface area contributed by atoms with Crippen molar-refractivity contribution in [1.29, 1.82) is 5.26 Å². The van der Waals surface area contributed by atoms with E-state index in [-0.39, 0.29) is 17.0 Å². The van der Waals surface area contributed by atoms with E-state index in [0.29, 0.717) is 6.07 Å². The number of halogens is 2. The number of aromatic hydroxyl groups is 1. The van der Waals surface area contributed by atoms with Crippen LogP contribution in [0.4, 0.5) is 8.78 Å². The topological polar surface area (TPSA) is 86.0 Å². The molecule has 5 nitrogen and oxygen atoms in total. The molecule has 2 N–H and O–H groups in total. The quantitative estimate of drug-likeness (QED) is 0.905. The molecule has 0 aliphatic rings. The van der Waals surface area contributed by atoms with Gasteiger partial charge >= 0.3 is 0 Å². The first-order valence-corrected chi connectivity index (χ1v) is 5.82. The van der Waals surface area contributed by atoms with Crippen LogP contribution in [0, 0.1) is 23.0 Å². The summed E-state index contributed by atoms with van der Waals surface area (Å²) in [6, 6.07) is 5.70. The van der Waals surface area contributed by atoms with Gasteiger partial charge in [0.2, 0.25) is 0 Å². The van der Waals surface area contributed by atoms with Crippen molar-refractivity contribution < 1.29 is 18.7 Å². The van der Waals surface area contributed by atoms with Crippen LogP contribution in [0.2, 0.25) is 0 Å². The van der Waals surface area contributed by atoms with E-state index in [1.165, 1.54) is 18.3 Å². The van der Waals surface area contributed by atoms with Crippen molar-refractivity contribution in [3.05, 3.63) is 59.4 Å². The van der Waals surface area contributed by atoms with Gasteiger partial charge in [0.25, 0.3) is 5.91 Å². The molecule has 1 atom stereocenters. The van der Waals surface area contributed by atoms with Crippen LogP contribution in [0.1, 0.15) is 22.1 Å². The van der Waals surface area contributed by atoms with Crippen LogP contribution in [0.3, 0.4) is 0 Å². The third-order valence-corrected chi connectivity index (χ3v) is 2.68. The van der Waals surface area contributed by atoms with Crippen LogP contribution in [0.25, 0.3) is 0 Å². The molecule has 2 rings (SSSR count). The first kappa shape index (κ1) is 14.4. The number of amides is 1. The number of hydrogen-bond acceptors (Lipinski definition) is 4. The van der Waals surface area contributed by atoms with Gasteiger partial charge < -0.3 is 10.4 Å². The van der Waals surface area contributed by atoms with Crippen molar-refractivity contribution in [2.75, 3.05) is 0 Å². The minimum Gasteiger partial charge on any atom is -0.505 e. The van der Waals surface area contributed by atoms with E-state index in [1.807, 2.05) is 0 Å². The summed E-state index contributed by atoms with van der Waals surface area (Å²) in [6.07, 6.45) is 1.29. The Bertz CT molecular complexity index is 728. The van der Waals surface area contributed by atoms with Crippen molar-refractivity contribution in [1.82, 2.24) is 10.3 Å². The van der Waals surface area contributed by atoms with E-state index in [0.717, 1.165) is 12.1 Å². The lowest BCUT2D eigenvalue weighted by Crippen LogP contribution is -2.29. The zero-order chi connectivity index (χ0) is 15.4. The van der Waals surface area contributed by atoms with E-state index < -0.39 is 23.6 Å². The lowest BCUT2D eigenvalue weighted by atomic mass is 10.1. The summed E-state index contributed by atoms with van der Waals surface area (Å²) >= 11 is 0. The Morgan fingerprint density at radius 3 is 2.76 bits per heavy atom. The molecule has 1 heterocycles. The van der Waals surface area contributed by atoms with Crippen molar-refractivity contribution in [3.63, 3.8) is 0 Å². The Hall–Kier alpha value is -3.01. The second-order valence-corrected chi connectivity index (χ2v) is 4.07. The number of carbonyl (C=O) groups is 1. The highest BCUT2D eigenvalue weighted by molar-refractivity contribution is 5.95. The third-order valence-electron chi connectivity index (χ3n) is 2.68. The van der Waals surface area contributed by atoms with Crippen LogP contribution in [0.15, 0.2) is 36.5 Å². The van der Waals surface area contributed by atoms with E-state index in [2.05, 4.69) is 10.3 Å². The summed E-state index contributed by atoms with van der Waals surface area (Å²) in [5, 5.41) is 20.7. The van der Waals surface area contributed by atoms with Crippen LogP contribution in [-0.2, 0) is 0 Å². The third kappa shape index (κ3) is 3.12. The number of pyridine rings is 1. The zero-order valence-electron chi connectivity index (χ0n) is 10.5. The Morgan fingerprint density at radius 2 is 2.14 bits per heavy atom. The van der Waals surface area contributed by atoms with Crippen LogP contribution >= 0.6 is 0 Å². The van der Waals surface area contributed by atoms with Gasteiger partial charge in [-0.05, 0) is 18.2 Å². The smallest absolute Gasteiger partial charge is 0.275 e. The minimum atomic E-state index is -1.33. The molecule has 0 aliphatic carbocycles. The normalized spacial score (nSPS) is 11.5. The predicted octanol–water partition coefficient (Wildman–Crippen LogP) is 2.06. The number of aromatic nitrogens is 1. The molecule has 0 unspecified atom stereocenters. The molecule has 0 saturated carbocycles. The molecular weight excluding hydrogens is 280 g/mol. The highest BCUT2D eigenvalue weighted by atomic mass is 19.1. The molecule has 0 radical (unpaired) electrons. The summed E-state index contributed by atoms with van der Waals surface area (Å²) < 4.78 is 26.5. The van der Waals surface area contributed by atoms with Crippen LogP contribution in [0.5, 0.6) is 5.75 Å². The average molecular weight is 289 g/mol. The number of nitriles is 1. The molecule has 0 bridgehead atoms. The molecule has 2 aromatic rings. The first-order chi connectivity index (χ1) is 10.0. The monoisotopic (exact) mass is 289 g/mol. The van der Waals surface area contributed by atoms with E-state index in [9.17, 15) is 18.7 Å². The fraction of sp³-hybridized carbons (Fsp3) is 0.0714. The number of rotatable bonds is 3. The SMILES string of the molecule is N#C[C@@H](NC(=O)c1ncccc1O)c1ccc(F)cc1F. The van der Waals surface area contributed by atoms with E-state index in [4.69, 9.17) is 5.26 Å². The molecule has 0 spiro atoms. The molecule has 1 aromatic carbocycles. The zero-order valence-corrected chi connectivity index (χ0v) is 10.5. The Morgan fingerprint density at radius 1 is 1.38 bits per heavy atom. The van der Waals surface area contributed by atoms with Gasteiger partial charge in [-0.1, -0.05) is 6.07 Å². The summed E-state index contributed by atoms with van der Waals surface area (Å²) in [6.45, 7) is 0. The average Bonchev–Trinajstić information content (AvgIpc) is 2.45. The molecule has 21 heavy (non-hydrogen) atoms. The molecule has 0 aliphatic heterocycles. The molecular formula is C14H9F2N3O2. The largest absolute Gasteiger partial charge is 0.505 e. The highest BCUT2D eigenvalue weighted by Gasteiger charge is 2.21. The first-order valence-electron chi connectivity index (χ1n) is 5.82. The molecule has 106 valence electrons. The van der Waals surface area contributed by atoms with Gasteiger partial charge in [-0.15, -0.1) is 0 Å². The lowest BCUT2D eigenvalue weighted by molar-refractivity contribution is 0.0936. The second kappa shape index (κ2) is 5.96. The Labute approximate surface area is 118 Å². The Kier molecular flexibility index (Phi) is 4.09. The summed E-state index contributed by atoms with van der Waals surface area (Å²) in [5.74, 6) is -2.96. The van der Waals surface area contributed by atoms with Gasteiger partial charge in [-0.3, -0.25) is 4.79 Å². The standard InChI is InChI=1S/C14H9F2N3O2/c15-8-3-4-9(10(16)6-8)11(7-17)19-14(21)13-12(20)2-1-5-18-13/h1-6,11,20H,(H,19,21)/t11-/m1/s1. The number of benzene rings is 1. The predicted molar refractivity (Wildman–Crippen MR) is 68.1 cm³/mol. The Balaban J connectivity index is 2.26. The van der Waals surface area contributed by atoms with Crippen LogP contribution < -0.4 is 5.32 Å². The maximum atomic E-state index is 13.6. The number of nitrogens with one attached hydrogen (secondary N) is 1. The van der Waals surface area contributed by atoms with Gasteiger partial charge in [0, 0.05) is 17.8 Å². The fourth-order valence-corrected chi connectivity index (χ4v) is 1.69. The van der Waals surface area contributed by atoms with Crippen LogP contribution in [-0.4, -0.2) is 16.0 Å². The highest BCUT2D eigenvalue weighted by Crippen LogP contribution is 2.19. The van der Waals surface area contributed by atoms with Gasteiger partial charge in [-0.2, -0.15) is 5.26 Å². The number of carbonyl (C=O) groups excluding carboxylic acids is 1. The summed E-state index contributed by atoms with van der Waals surface area (Å²) in [4.78, 5) is 15.6. The van der Waals surface area contributed by atoms with E-state index >= 15 is 0 Å². The second-order valence-electron chi connectivity index (χ2n) is 4.07. The van der Waals surface area contributed by atoms with Gasteiger partial charge in [0.1, 0.15) is 23.4 Å². The lowest BCUT2D eigenvalue weighted by Gasteiger charge is -2.13. The molecule has 7 heteroatoms. The van der Waals surface area contributed by atoms with Crippen molar-refractivity contribution in [2.45, 2.75) is 6.04 Å². The summed E-state index contributed by atoms with van der Waals surface area (Å²) in [7, 11) is 0. The van der Waals surface area contributed by atoms with Crippen molar-refractivity contribution in [3.8, 4) is 11.8 Å². The number of hydrogen-bond donors (Lipinski definition) is 2. The maximum Gasteiger partial charge on any atom is 0.275 e. The summed E-state index contributed by atoms with van der Waals surface area (Å²) in [5.41, 5.74) is -0.469. The fourth-order valence-electron chi connectivity index (χ4n) is 1.69. The maximum absolute atomic E-state index is 13.6. The van der Waals surface area contributed by atoms with Gasteiger partial charge in [0.15, 0.2) is 5.69 Å². The molecule has 0 fully saturated rings.